The summed E-state index contributed by atoms with van der Waals surface area (Å²) in [5.41, 5.74) is 1.80. The van der Waals surface area contributed by atoms with Crippen LogP contribution in [0.1, 0.15) is 48.2 Å². The Hall–Kier alpha value is -2.27. The third-order valence-corrected chi connectivity index (χ3v) is 6.03. The van der Waals surface area contributed by atoms with Crippen molar-refractivity contribution >= 4 is 19.3 Å². The van der Waals surface area contributed by atoms with Gasteiger partial charge >= 0.3 is 7.60 Å². The van der Waals surface area contributed by atoms with Crippen LogP contribution >= 0.6 is 7.60 Å². The maximum atomic E-state index is 12.6. The van der Waals surface area contributed by atoms with Crippen molar-refractivity contribution in [3.8, 4) is 0 Å². The van der Waals surface area contributed by atoms with Crippen molar-refractivity contribution in [3.05, 3.63) is 71.3 Å². The van der Waals surface area contributed by atoms with Gasteiger partial charge in [0.2, 0.25) is 5.91 Å². The lowest BCUT2D eigenvalue weighted by molar-refractivity contribution is -0.122. The number of hydrogen-bond acceptors (Lipinski definition) is 5. The molecule has 1 atom stereocenters. The maximum absolute atomic E-state index is 12.6. The summed E-state index contributed by atoms with van der Waals surface area (Å²) < 4.78 is 22.8. The van der Waals surface area contributed by atoms with Gasteiger partial charge < -0.3 is 14.4 Å². The lowest BCUT2D eigenvalue weighted by atomic mass is 9.95. The van der Waals surface area contributed by atoms with Crippen molar-refractivity contribution in [2.24, 2.45) is 0 Å². The largest absolute Gasteiger partial charge is 0.349 e. The van der Waals surface area contributed by atoms with E-state index in [9.17, 15) is 14.2 Å². The highest BCUT2D eigenvalue weighted by Crippen LogP contribution is 2.46. The number of carbonyl (C=O) groups is 2. The van der Waals surface area contributed by atoms with E-state index < -0.39 is 13.5 Å². The molecule has 2 aromatic carbocycles. The van der Waals surface area contributed by atoms with Crippen LogP contribution in [0.2, 0.25) is 0 Å². The average molecular weight is 403 g/mol. The van der Waals surface area contributed by atoms with Gasteiger partial charge in [-0.05, 0) is 32.4 Å². The van der Waals surface area contributed by atoms with E-state index in [4.69, 9.17) is 9.05 Å². The van der Waals surface area contributed by atoms with Crippen LogP contribution in [0.5, 0.6) is 0 Å². The summed E-state index contributed by atoms with van der Waals surface area (Å²) >= 11 is 0. The van der Waals surface area contributed by atoms with Crippen molar-refractivity contribution in [3.63, 3.8) is 0 Å². The average Bonchev–Trinajstić information content (AvgIpc) is 2.72. The molecule has 0 fully saturated rings. The molecule has 0 aliphatic rings. The van der Waals surface area contributed by atoms with Gasteiger partial charge in [0.15, 0.2) is 5.78 Å². The Balaban J connectivity index is 2.09. The molecular weight excluding hydrogens is 377 g/mol. The van der Waals surface area contributed by atoms with E-state index in [-0.39, 0.29) is 31.2 Å². The Bertz CT molecular complexity index is 843. The number of hydrogen-bond donors (Lipinski definition) is 1. The predicted molar refractivity (Wildman–Crippen MR) is 109 cm³/mol. The molecule has 0 heterocycles. The van der Waals surface area contributed by atoms with E-state index in [2.05, 4.69) is 5.32 Å². The SMILES string of the molecule is CCOP(=O)(CNC(=O)C(C)c1cccc(C(=O)c2ccccc2)c1)OCC. The molecule has 0 bridgehead atoms. The molecule has 1 unspecified atom stereocenters. The molecule has 0 saturated heterocycles. The highest BCUT2D eigenvalue weighted by atomic mass is 31.2. The summed E-state index contributed by atoms with van der Waals surface area (Å²) in [5, 5.41) is 2.63. The first-order chi connectivity index (χ1) is 13.4. The third-order valence-electron chi connectivity index (χ3n) is 4.18. The molecule has 150 valence electrons. The van der Waals surface area contributed by atoms with Gasteiger partial charge in [0.1, 0.15) is 6.29 Å². The standard InChI is InChI=1S/C21H26NO5P/c1-4-26-28(25,27-5-2)15-22-21(24)16(3)18-12-9-13-19(14-18)20(23)17-10-7-6-8-11-17/h6-14,16H,4-5,15H2,1-3H3,(H,22,24). The Labute approximate surface area is 165 Å². The molecule has 0 radical (unpaired) electrons. The first-order valence-electron chi connectivity index (χ1n) is 9.25. The summed E-state index contributed by atoms with van der Waals surface area (Å²) in [6.07, 6.45) is -0.194. The van der Waals surface area contributed by atoms with Crippen molar-refractivity contribution in [1.29, 1.82) is 0 Å². The zero-order valence-electron chi connectivity index (χ0n) is 16.4. The van der Waals surface area contributed by atoms with E-state index in [0.29, 0.717) is 16.7 Å². The van der Waals surface area contributed by atoms with Crippen molar-refractivity contribution in [2.75, 3.05) is 19.5 Å². The number of carbonyl (C=O) groups excluding carboxylic acids is 2. The Morgan fingerprint density at radius 2 is 1.57 bits per heavy atom. The van der Waals surface area contributed by atoms with Crippen molar-refractivity contribution in [1.82, 2.24) is 5.32 Å². The van der Waals surface area contributed by atoms with Gasteiger partial charge in [-0.15, -0.1) is 0 Å². The van der Waals surface area contributed by atoms with E-state index in [1.807, 2.05) is 18.2 Å². The van der Waals surface area contributed by atoms with Gasteiger partial charge in [-0.3, -0.25) is 14.2 Å². The highest BCUT2D eigenvalue weighted by Gasteiger charge is 2.26. The normalized spacial score (nSPS) is 12.4. The fourth-order valence-corrected chi connectivity index (χ4v) is 4.10. The fourth-order valence-electron chi connectivity index (χ4n) is 2.71. The van der Waals surface area contributed by atoms with E-state index in [1.165, 1.54) is 0 Å². The molecule has 2 aromatic rings. The minimum Gasteiger partial charge on any atom is -0.344 e. The molecular formula is C21H26NO5P. The predicted octanol–water partition coefficient (Wildman–Crippen LogP) is 4.36. The molecule has 0 aliphatic heterocycles. The molecule has 1 amide bonds. The second-order valence-corrected chi connectivity index (χ2v) is 8.24. The van der Waals surface area contributed by atoms with Gasteiger partial charge in [-0.1, -0.05) is 48.5 Å². The monoisotopic (exact) mass is 403 g/mol. The van der Waals surface area contributed by atoms with Crippen LogP contribution in [0.3, 0.4) is 0 Å². The van der Waals surface area contributed by atoms with Crippen LogP contribution < -0.4 is 5.32 Å². The van der Waals surface area contributed by atoms with E-state index in [1.54, 1.807) is 57.2 Å². The summed E-state index contributed by atoms with van der Waals surface area (Å²) in [7, 11) is -3.36. The number of amides is 1. The second kappa shape index (κ2) is 10.3. The summed E-state index contributed by atoms with van der Waals surface area (Å²) in [5.74, 6) is -0.948. The van der Waals surface area contributed by atoms with Crippen LogP contribution in [0.15, 0.2) is 54.6 Å². The van der Waals surface area contributed by atoms with Gasteiger partial charge in [0, 0.05) is 11.1 Å². The molecule has 7 heteroatoms. The Morgan fingerprint density at radius 1 is 0.964 bits per heavy atom. The minimum absolute atomic E-state index is 0.104. The summed E-state index contributed by atoms with van der Waals surface area (Å²) in [4.78, 5) is 25.1. The topological polar surface area (TPSA) is 81.7 Å². The lowest BCUT2D eigenvalue weighted by Crippen LogP contribution is -2.29. The number of rotatable bonds is 10. The summed E-state index contributed by atoms with van der Waals surface area (Å²) in [6, 6.07) is 15.9. The number of ketones is 1. The van der Waals surface area contributed by atoms with Crippen LogP contribution in [-0.4, -0.2) is 31.2 Å². The number of nitrogens with one attached hydrogen (secondary N) is 1. The molecule has 0 aromatic heterocycles. The second-order valence-electron chi connectivity index (χ2n) is 6.19. The third kappa shape index (κ3) is 5.86. The molecule has 2 rings (SSSR count). The van der Waals surface area contributed by atoms with Gasteiger partial charge in [0.05, 0.1) is 19.1 Å². The first kappa shape index (κ1) is 22.0. The van der Waals surface area contributed by atoms with Gasteiger partial charge in [0.25, 0.3) is 0 Å². The molecule has 0 spiro atoms. The van der Waals surface area contributed by atoms with Gasteiger partial charge in [-0.2, -0.15) is 0 Å². The zero-order valence-corrected chi connectivity index (χ0v) is 17.3. The first-order valence-corrected chi connectivity index (χ1v) is 11.0. The fraction of sp³-hybridized carbons (Fsp3) is 0.333. The van der Waals surface area contributed by atoms with Crippen LogP contribution in [0.25, 0.3) is 0 Å². The van der Waals surface area contributed by atoms with Crippen LogP contribution in [0, 0.1) is 0 Å². The quantitative estimate of drug-likeness (QED) is 0.471. The van der Waals surface area contributed by atoms with Gasteiger partial charge in [-0.25, -0.2) is 0 Å². The van der Waals surface area contributed by atoms with Crippen LogP contribution in [-0.2, 0) is 18.4 Å². The molecule has 28 heavy (non-hydrogen) atoms. The lowest BCUT2D eigenvalue weighted by Gasteiger charge is -2.19. The molecule has 0 aliphatic carbocycles. The van der Waals surface area contributed by atoms with Crippen LogP contribution in [0.4, 0.5) is 0 Å². The Kier molecular flexibility index (Phi) is 8.12. The van der Waals surface area contributed by atoms with E-state index >= 15 is 0 Å². The minimum atomic E-state index is -3.36. The van der Waals surface area contributed by atoms with Crippen molar-refractivity contribution in [2.45, 2.75) is 26.7 Å². The molecule has 0 saturated carbocycles. The molecule has 6 nitrogen and oxygen atoms in total. The Morgan fingerprint density at radius 3 is 2.18 bits per heavy atom. The zero-order chi connectivity index (χ0) is 20.6. The smallest absolute Gasteiger partial charge is 0.344 e. The molecule has 1 N–H and O–H groups in total. The maximum Gasteiger partial charge on any atom is 0.349 e. The summed E-state index contributed by atoms with van der Waals surface area (Å²) in [6.45, 7) is 5.61. The highest BCUT2D eigenvalue weighted by molar-refractivity contribution is 7.53. The number of benzene rings is 2. The van der Waals surface area contributed by atoms with Crippen molar-refractivity contribution < 1.29 is 23.2 Å². The van der Waals surface area contributed by atoms with E-state index in [0.717, 1.165) is 0 Å².